The number of hydrogen-bond acceptors (Lipinski definition) is 11. The zero-order valence-electron chi connectivity index (χ0n) is 19.3. The second-order valence-electron chi connectivity index (χ2n) is 8.28. The van der Waals surface area contributed by atoms with Crippen LogP contribution >= 0.6 is 11.6 Å². The van der Waals surface area contributed by atoms with E-state index in [-0.39, 0.29) is 29.6 Å². The van der Waals surface area contributed by atoms with Crippen molar-refractivity contribution < 1.29 is 33.6 Å². The number of carbonyl (C=O) groups is 2. The van der Waals surface area contributed by atoms with E-state index >= 15 is 0 Å². The first-order valence-electron chi connectivity index (χ1n) is 10.4. The minimum absolute atomic E-state index is 0.108. The standard InChI is InChI=1S/C21H26ClN5O7/c1-10(2)17(28)32-8-12-14(34-18(29)11(3)4)21(30,6-7-22)19(33-12)27-9-24-13-15(27)25-20(23)26-16(13)31-5/h9-12,14,19,30H,8H2,1-5H3,(H2,23,25,26)/t12-,14-,19-,21-/m1/s1. The number of halogens is 1. The van der Waals surface area contributed by atoms with Crippen molar-refractivity contribution in [2.45, 2.75) is 51.7 Å². The van der Waals surface area contributed by atoms with Crippen molar-refractivity contribution in [3.05, 3.63) is 6.33 Å². The van der Waals surface area contributed by atoms with Crippen LogP contribution in [0.5, 0.6) is 5.88 Å². The number of ether oxygens (including phenoxy) is 4. The zero-order chi connectivity index (χ0) is 25.2. The quantitative estimate of drug-likeness (QED) is 0.416. The number of methoxy groups -OCH3 is 1. The Morgan fingerprint density at radius 3 is 2.56 bits per heavy atom. The molecule has 0 radical (unpaired) electrons. The maximum absolute atomic E-state index is 12.5. The smallest absolute Gasteiger partial charge is 0.308 e. The molecule has 0 saturated carbocycles. The Hall–Kier alpha value is -3.14. The highest BCUT2D eigenvalue weighted by molar-refractivity contribution is 6.30. The molecule has 3 rings (SSSR count). The van der Waals surface area contributed by atoms with Gasteiger partial charge in [-0.25, -0.2) is 4.98 Å². The molecule has 1 saturated heterocycles. The molecule has 2 aromatic heterocycles. The SMILES string of the molecule is COc1nc(N)nc2c1ncn2[C@@H]1O[C@H](COC(=O)C(C)C)[C@@H](OC(=O)C(C)C)[C@]1(O)C#CCl. The first-order valence-corrected chi connectivity index (χ1v) is 10.8. The molecule has 0 aromatic carbocycles. The predicted molar refractivity (Wildman–Crippen MR) is 119 cm³/mol. The second-order valence-corrected chi connectivity index (χ2v) is 8.47. The molecule has 0 spiro atoms. The highest BCUT2D eigenvalue weighted by Gasteiger charge is 2.59. The number of fused-ring (bicyclic) bond motifs is 1. The lowest BCUT2D eigenvalue weighted by atomic mass is 9.94. The Kier molecular flexibility index (Phi) is 7.50. The number of aromatic nitrogens is 4. The predicted octanol–water partition coefficient (Wildman–Crippen LogP) is 1.01. The van der Waals surface area contributed by atoms with Gasteiger partial charge in [-0.3, -0.25) is 14.2 Å². The molecule has 3 N–H and O–H groups in total. The summed E-state index contributed by atoms with van der Waals surface area (Å²) in [6.45, 7) is 6.28. The van der Waals surface area contributed by atoms with Gasteiger partial charge in [0.1, 0.15) is 12.7 Å². The van der Waals surface area contributed by atoms with Gasteiger partial charge in [0, 0.05) is 5.38 Å². The van der Waals surface area contributed by atoms with E-state index in [1.165, 1.54) is 18.0 Å². The van der Waals surface area contributed by atoms with E-state index in [4.69, 9.17) is 36.3 Å². The van der Waals surface area contributed by atoms with Gasteiger partial charge < -0.3 is 29.8 Å². The summed E-state index contributed by atoms with van der Waals surface area (Å²) in [6.07, 6.45) is -2.46. The molecule has 1 aliphatic rings. The lowest BCUT2D eigenvalue weighted by Gasteiger charge is -2.29. The number of imidazole rings is 1. The van der Waals surface area contributed by atoms with Gasteiger partial charge in [-0.05, 0) is 17.5 Å². The zero-order valence-corrected chi connectivity index (χ0v) is 20.1. The van der Waals surface area contributed by atoms with Gasteiger partial charge in [0.05, 0.1) is 25.3 Å². The van der Waals surface area contributed by atoms with E-state index in [1.54, 1.807) is 27.7 Å². The number of hydrogen-bond donors (Lipinski definition) is 2. The van der Waals surface area contributed by atoms with Crippen molar-refractivity contribution in [1.29, 1.82) is 0 Å². The topological polar surface area (TPSA) is 161 Å². The summed E-state index contributed by atoms with van der Waals surface area (Å²) in [6, 6.07) is 0. The molecule has 0 amide bonds. The van der Waals surface area contributed by atoms with Crippen molar-refractivity contribution in [2.75, 3.05) is 19.5 Å². The highest BCUT2D eigenvalue weighted by Crippen LogP contribution is 2.42. The Bertz CT molecular complexity index is 1140. The number of nitrogens with zero attached hydrogens (tertiary/aromatic N) is 4. The third-order valence-corrected chi connectivity index (χ3v) is 5.22. The Morgan fingerprint density at radius 1 is 1.29 bits per heavy atom. The summed E-state index contributed by atoms with van der Waals surface area (Å²) in [4.78, 5) is 36.9. The summed E-state index contributed by atoms with van der Waals surface area (Å²) in [5, 5.41) is 13.8. The molecule has 184 valence electrons. The number of aliphatic hydroxyl groups is 1. The van der Waals surface area contributed by atoms with Crippen molar-refractivity contribution in [3.8, 4) is 17.2 Å². The molecule has 1 fully saturated rings. The monoisotopic (exact) mass is 495 g/mol. The molecule has 4 atom stereocenters. The van der Waals surface area contributed by atoms with Crippen LogP contribution in [-0.2, 0) is 23.8 Å². The normalized spacial score (nSPS) is 24.2. The largest absolute Gasteiger partial charge is 0.479 e. The van der Waals surface area contributed by atoms with Crippen LogP contribution in [0, 0.1) is 23.1 Å². The average Bonchev–Trinajstić information content (AvgIpc) is 3.30. The van der Waals surface area contributed by atoms with E-state index in [1.807, 2.05) is 0 Å². The van der Waals surface area contributed by atoms with Crippen molar-refractivity contribution in [1.82, 2.24) is 19.5 Å². The number of esters is 2. The summed E-state index contributed by atoms with van der Waals surface area (Å²) >= 11 is 5.68. The molecule has 2 aromatic rings. The fourth-order valence-corrected chi connectivity index (χ4v) is 3.51. The maximum atomic E-state index is 12.5. The number of anilines is 1. The molecule has 0 bridgehead atoms. The van der Waals surface area contributed by atoms with Crippen LogP contribution < -0.4 is 10.5 Å². The number of carbonyl (C=O) groups excluding carboxylic acids is 2. The summed E-state index contributed by atoms with van der Waals surface area (Å²) in [5.41, 5.74) is 4.04. The van der Waals surface area contributed by atoms with Gasteiger partial charge in [0.15, 0.2) is 23.5 Å². The van der Waals surface area contributed by atoms with Crippen LogP contribution in [-0.4, -0.2) is 68.1 Å². The van der Waals surface area contributed by atoms with Crippen LogP contribution in [0.3, 0.4) is 0 Å². The minimum atomic E-state index is -2.16. The van der Waals surface area contributed by atoms with E-state index < -0.39 is 47.8 Å². The summed E-state index contributed by atoms with van der Waals surface area (Å²) in [7, 11) is 1.39. The molecular weight excluding hydrogens is 470 g/mol. The minimum Gasteiger partial charge on any atom is -0.479 e. The van der Waals surface area contributed by atoms with Gasteiger partial charge in [-0.2, -0.15) is 9.97 Å². The Balaban J connectivity index is 2.10. The molecule has 12 nitrogen and oxygen atoms in total. The Morgan fingerprint density at radius 2 is 1.97 bits per heavy atom. The summed E-state index contributed by atoms with van der Waals surface area (Å²) in [5.74, 6) is 0.442. The third-order valence-electron chi connectivity index (χ3n) is 5.13. The first-order chi connectivity index (χ1) is 16.0. The molecule has 34 heavy (non-hydrogen) atoms. The van der Waals surface area contributed by atoms with E-state index in [0.717, 1.165) is 0 Å². The number of rotatable bonds is 7. The Labute approximate surface area is 200 Å². The van der Waals surface area contributed by atoms with Gasteiger partial charge >= 0.3 is 11.9 Å². The van der Waals surface area contributed by atoms with Gasteiger partial charge in [0.25, 0.3) is 0 Å². The average molecular weight is 496 g/mol. The van der Waals surface area contributed by atoms with E-state index in [9.17, 15) is 14.7 Å². The fraction of sp³-hybridized carbons (Fsp3) is 0.571. The lowest BCUT2D eigenvalue weighted by Crippen LogP contribution is -2.49. The molecule has 0 unspecified atom stereocenters. The second kappa shape index (κ2) is 10.0. The molecule has 1 aliphatic heterocycles. The lowest BCUT2D eigenvalue weighted by molar-refractivity contribution is -0.166. The van der Waals surface area contributed by atoms with Crippen molar-refractivity contribution in [2.24, 2.45) is 11.8 Å². The van der Waals surface area contributed by atoms with Crippen LogP contribution in [0.1, 0.15) is 33.9 Å². The van der Waals surface area contributed by atoms with Gasteiger partial charge in [0.2, 0.25) is 17.4 Å². The highest BCUT2D eigenvalue weighted by atomic mass is 35.5. The van der Waals surface area contributed by atoms with Crippen LogP contribution in [0.4, 0.5) is 5.95 Å². The molecule has 0 aliphatic carbocycles. The maximum Gasteiger partial charge on any atom is 0.308 e. The molecule has 3 heterocycles. The van der Waals surface area contributed by atoms with E-state index in [0.29, 0.717) is 0 Å². The van der Waals surface area contributed by atoms with Gasteiger partial charge in [-0.1, -0.05) is 27.7 Å². The number of nitrogen functional groups attached to an aromatic ring is 1. The summed E-state index contributed by atoms with van der Waals surface area (Å²) < 4.78 is 23.5. The van der Waals surface area contributed by atoms with Gasteiger partial charge in [-0.15, -0.1) is 0 Å². The van der Waals surface area contributed by atoms with Crippen molar-refractivity contribution in [3.63, 3.8) is 0 Å². The number of nitrogens with two attached hydrogens (primary N) is 1. The third kappa shape index (κ3) is 4.72. The first kappa shape index (κ1) is 25.5. The van der Waals surface area contributed by atoms with E-state index in [2.05, 4.69) is 26.3 Å². The van der Waals surface area contributed by atoms with Crippen LogP contribution in [0.2, 0.25) is 0 Å². The van der Waals surface area contributed by atoms with Crippen LogP contribution in [0.15, 0.2) is 6.33 Å². The fourth-order valence-electron chi connectivity index (χ4n) is 3.36. The molecular formula is C21H26ClN5O7. The molecule has 13 heteroatoms. The van der Waals surface area contributed by atoms with Crippen LogP contribution in [0.25, 0.3) is 11.2 Å². The van der Waals surface area contributed by atoms with Crippen molar-refractivity contribution >= 4 is 40.7 Å².